The van der Waals surface area contributed by atoms with Crippen molar-refractivity contribution in [3.8, 4) is 0 Å². The highest BCUT2D eigenvalue weighted by atomic mass is 32.2. The Balaban J connectivity index is 1.74. The van der Waals surface area contributed by atoms with Crippen molar-refractivity contribution in [1.82, 2.24) is 20.2 Å². The molecule has 0 aliphatic carbocycles. The van der Waals surface area contributed by atoms with Crippen LogP contribution in [0.25, 0.3) is 0 Å². The van der Waals surface area contributed by atoms with E-state index in [9.17, 15) is 17.6 Å². The zero-order valence-electron chi connectivity index (χ0n) is 16.2. The number of carbonyl (C=O) groups is 1. The number of carbonyl (C=O) groups excluding carboxylic acids is 1. The van der Waals surface area contributed by atoms with Crippen LogP contribution in [0.3, 0.4) is 0 Å². The Labute approximate surface area is 173 Å². The number of hydrogen-bond acceptors (Lipinski definition) is 6. The molecule has 2 aromatic carbocycles. The minimum atomic E-state index is -4.26. The van der Waals surface area contributed by atoms with Crippen LogP contribution in [0.15, 0.2) is 64.0 Å². The van der Waals surface area contributed by atoms with Crippen LogP contribution < -0.4 is 10.0 Å². The molecule has 0 radical (unpaired) electrons. The van der Waals surface area contributed by atoms with Gasteiger partial charge in [-0.25, -0.2) is 12.8 Å². The van der Waals surface area contributed by atoms with Gasteiger partial charge in [0.2, 0.25) is 21.8 Å². The number of rotatable bonds is 9. The third-order valence-corrected chi connectivity index (χ3v) is 5.74. The van der Waals surface area contributed by atoms with Crippen molar-refractivity contribution in [2.75, 3.05) is 6.54 Å². The summed E-state index contributed by atoms with van der Waals surface area (Å²) >= 11 is 0. The lowest BCUT2D eigenvalue weighted by Gasteiger charge is -2.19. The van der Waals surface area contributed by atoms with Gasteiger partial charge >= 0.3 is 0 Å². The van der Waals surface area contributed by atoms with Crippen molar-refractivity contribution >= 4 is 15.9 Å². The topological polar surface area (TPSA) is 114 Å². The molecule has 0 fully saturated rings. The number of hydrogen-bond donors (Lipinski definition) is 2. The molecule has 1 heterocycles. The summed E-state index contributed by atoms with van der Waals surface area (Å²) < 4.78 is 46.7. The van der Waals surface area contributed by atoms with E-state index < -0.39 is 32.7 Å². The van der Waals surface area contributed by atoms with Gasteiger partial charge in [-0.1, -0.05) is 47.6 Å². The lowest BCUT2D eigenvalue weighted by Crippen LogP contribution is -2.48. The largest absolute Gasteiger partial charge is 0.354 e. The second-order valence-electron chi connectivity index (χ2n) is 6.57. The van der Waals surface area contributed by atoms with E-state index in [-0.39, 0.29) is 13.0 Å². The Morgan fingerprint density at radius 1 is 1.13 bits per heavy atom. The van der Waals surface area contributed by atoms with E-state index in [1.165, 1.54) is 12.1 Å². The Hall–Kier alpha value is -3.11. The van der Waals surface area contributed by atoms with E-state index in [1.807, 2.05) is 6.07 Å². The second kappa shape index (κ2) is 9.59. The average molecular weight is 432 g/mol. The van der Waals surface area contributed by atoms with E-state index in [4.69, 9.17) is 4.52 Å². The minimum absolute atomic E-state index is 0.0972. The van der Waals surface area contributed by atoms with Crippen LogP contribution in [-0.2, 0) is 27.7 Å². The van der Waals surface area contributed by atoms with Crippen molar-refractivity contribution in [1.29, 1.82) is 0 Å². The van der Waals surface area contributed by atoms with Gasteiger partial charge < -0.3 is 9.84 Å². The van der Waals surface area contributed by atoms with Gasteiger partial charge in [0, 0.05) is 13.0 Å². The van der Waals surface area contributed by atoms with Crippen LogP contribution in [0.5, 0.6) is 0 Å². The molecule has 3 aromatic rings. The quantitative estimate of drug-likeness (QED) is 0.533. The maximum absolute atomic E-state index is 14.0. The third kappa shape index (κ3) is 5.71. The molecular formula is C20H21FN4O4S. The molecule has 0 aliphatic heterocycles. The summed E-state index contributed by atoms with van der Waals surface area (Å²) in [6.07, 6.45) is 0.394. The Morgan fingerprint density at radius 2 is 1.83 bits per heavy atom. The van der Waals surface area contributed by atoms with Crippen molar-refractivity contribution in [3.63, 3.8) is 0 Å². The summed E-state index contributed by atoms with van der Waals surface area (Å²) in [5.41, 5.74) is 0.751. The third-order valence-electron chi connectivity index (χ3n) is 4.23. The van der Waals surface area contributed by atoms with E-state index >= 15 is 0 Å². The van der Waals surface area contributed by atoms with Gasteiger partial charge in [-0.3, -0.25) is 4.79 Å². The number of halogens is 1. The van der Waals surface area contributed by atoms with Crippen LogP contribution in [-0.4, -0.2) is 37.1 Å². The molecule has 0 unspecified atom stereocenters. The summed E-state index contributed by atoms with van der Waals surface area (Å²) in [6, 6.07) is 12.8. The molecule has 3 rings (SSSR count). The number of aryl methyl sites for hydroxylation is 1. The first kappa shape index (κ1) is 21.6. The number of nitrogens with one attached hydrogen (secondary N) is 2. The Kier molecular flexibility index (Phi) is 6.91. The molecular weight excluding hydrogens is 411 g/mol. The van der Waals surface area contributed by atoms with Crippen LogP contribution in [0.2, 0.25) is 0 Å². The summed E-state index contributed by atoms with van der Waals surface area (Å²) in [5, 5.41) is 6.33. The number of nitrogens with zero attached hydrogens (tertiary/aromatic N) is 2. The number of benzene rings is 2. The fraction of sp³-hybridized carbons (Fsp3) is 0.250. The Morgan fingerprint density at radius 3 is 2.50 bits per heavy atom. The maximum atomic E-state index is 14.0. The van der Waals surface area contributed by atoms with Gasteiger partial charge in [0.15, 0.2) is 5.82 Å². The maximum Gasteiger partial charge on any atom is 0.244 e. The average Bonchev–Trinajstić information content (AvgIpc) is 3.13. The summed E-state index contributed by atoms with van der Waals surface area (Å²) in [6.45, 7) is 1.85. The van der Waals surface area contributed by atoms with Gasteiger partial charge in [0.1, 0.15) is 16.8 Å². The van der Waals surface area contributed by atoms with Crippen molar-refractivity contribution in [2.45, 2.75) is 30.7 Å². The van der Waals surface area contributed by atoms with Gasteiger partial charge in [-0.05, 0) is 31.0 Å². The first-order valence-electron chi connectivity index (χ1n) is 9.23. The van der Waals surface area contributed by atoms with Gasteiger partial charge in [-0.15, -0.1) is 0 Å². The van der Waals surface area contributed by atoms with Crippen molar-refractivity contribution < 1.29 is 22.1 Å². The monoisotopic (exact) mass is 432 g/mol. The van der Waals surface area contributed by atoms with E-state index in [0.29, 0.717) is 18.1 Å². The van der Waals surface area contributed by atoms with Crippen LogP contribution in [0.1, 0.15) is 17.3 Å². The highest BCUT2D eigenvalue weighted by Crippen LogP contribution is 2.15. The summed E-state index contributed by atoms with van der Waals surface area (Å²) in [4.78, 5) is 16.3. The standard InChI is InChI=1S/C20H21FN4O4S/c1-14-23-19(29-24-14)11-12-22-20(26)17(13-15-7-3-2-4-8-15)25-30(27,28)18-10-6-5-9-16(18)21/h2-10,17,25H,11-13H2,1H3,(H,22,26)/t17-/m0/s1. The lowest BCUT2D eigenvalue weighted by atomic mass is 10.1. The molecule has 1 aromatic heterocycles. The minimum Gasteiger partial charge on any atom is -0.354 e. The molecule has 0 saturated heterocycles. The van der Waals surface area contributed by atoms with Crippen LogP contribution >= 0.6 is 0 Å². The molecule has 30 heavy (non-hydrogen) atoms. The molecule has 158 valence electrons. The molecule has 10 heteroatoms. The first-order chi connectivity index (χ1) is 14.3. The molecule has 0 saturated carbocycles. The van der Waals surface area contributed by atoms with Crippen molar-refractivity contribution in [2.24, 2.45) is 0 Å². The fourth-order valence-electron chi connectivity index (χ4n) is 2.81. The highest BCUT2D eigenvalue weighted by Gasteiger charge is 2.27. The predicted octanol–water partition coefficient (Wildman–Crippen LogP) is 1.77. The lowest BCUT2D eigenvalue weighted by molar-refractivity contribution is -0.122. The van der Waals surface area contributed by atoms with Crippen LogP contribution in [0.4, 0.5) is 4.39 Å². The highest BCUT2D eigenvalue weighted by molar-refractivity contribution is 7.89. The summed E-state index contributed by atoms with van der Waals surface area (Å²) in [5.74, 6) is -0.596. The van der Waals surface area contributed by atoms with Gasteiger partial charge in [-0.2, -0.15) is 9.71 Å². The summed E-state index contributed by atoms with van der Waals surface area (Å²) in [7, 11) is -4.26. The van der Waals surface area contributed by atoms with Crippen molar-refractivity contribution in [3.05, 3.63) is 77.7 Å². The molecule has 8 nitrogen and oxygen atoms in total. The zero-order valence-corrected chi connectivity index (χ0v) is 17.0. The zero-order chi connectivity index (χ0) is 21.6. The molecule has 0 spiro atoms. The van der Waals surface area contributed by atoms with Crippen LogP contribution in [0, 0.1) is 12.7 Å². The predicted molar refractivity (Wildman–Crippen MR) is 106 cm³/mol. The number of amides is 1. The first-order valence-corrected chi connectivity index (χ1v) is 10.7. The van der Waals surface area contributed by atoms with Gasteiger partial charge in [0.05, 0.1) is 0 Å². The normalized spacial score (nSPS) is 12.5. The van der Waals surface area contributed by atoms with Gasteiger partial charge in [0.25, 0.3) is 0 Å². The smallest absolute Gasteiger partial charge is 0.244 e. The van der Waals surface area contributed by atoms with E-state index in [1.54, 1.807) is 31.2 Å². The SMILES string of the molecule is Cc1noc(CCNC(=O)[C@H](Cc2ccccc2)NS(=O)(=O)c2ccccc2F)n1. The fourth-order valence-corrected chi connectivity index (χ4v) is 4.08. The molecule has 1 atom stereocenters. The molecule has 0 bridgehead atoms. The van der Waals surface area contributed by atoms with E-state index in [0.717, 1.165) is 17.7 Å². The molecule has 1 amide bonds. The number of sulfonamides is 1. The Bertz CT molecular complexity index is 1100. The second-order valence-corrected chi connectivity index (χ2v) is 8.25. The van der Waals surface area contributed by atoms with E-state index in [2.05, 4.69) is 20.2 Å². The number of aromatic nitrogens is 2. The molecule has 0 aliphatic rings. The molecule has 2 N–H and O–H groups in total.